The number of carbonyl (C=O) groups excluding carboxylic acids is 1. The highest BCUT2D eigenvalue weighted by Gasteiger charge is 2.53. The largest absolute Gasteiger partial charge is 0.573 e. The maximum absolute atomic E-state index is 13.1. The standard InChI is InChI=1S/C22H22F3N3O4S/c23-22(24,25)32-14-8-6-13(7-9-14)28-18-15(10-16(29)19(30)17(18)27-21(28)33)20(31)26-11-12-4-2-1-3-5-12/h1-9,15-19,29-30H,10-11H2,(H,26,31)(H,27,33)/t15-,16+,17-,18+,19-/m0/s1. The summed E-state index contributed by atoms with van der Waals surface area (Å²) in [5.41, 5.74) is 1.33. The first kappa shape index (κ1) is 23.3. The minimum Gasteiger partial charge on any atom is -0.406 e. The molecule has 7 nitrogen and oxygen atoms in total. The van der Waals surface area contributed by atoms with Gasteiger partial charge in [-0.2, -0.15) is 0 Å². The molecule has 0 radical (unpaired) electrons. The molecule has 5 atom stereocenters. The molecule has 1 amide bonds. The SMILES string of the molecule is O=C(NCc1ccccc1)[C@H]1C[C@@H](O)[C@H](O)[C@H]2NC(=S)N(c3ccc(OC(F)(F)F)cc3)[C@@H]21. The van der Waals surface area contributed by atoms with Crippen LogP contribution in [0.4, 0.5) is 18.9 Å². The molecular formula is C22H22F3N3O4S. The number of anilines is 1. The van der Waals surface area contributed by atoms with Crippen LogP contribution < -0.4 is 20.3 Å². The van der Waals surface area contributed by atoms with Gasteiger partial charge in [-0.15, -0.1) is 13.2 Å². The fourth-order valence-corrected chi connectivity index (χ4v) is 4.73. The zero-order valence-electron chi connectivity index (χ0n) is 17.2. The van der Waals surface area contributed by atoms with Gasteiger partial charge >= 0.3 is 6.36 Å². The Labute approximate surface area is 193 Å². The average Bonchev–Trinajstić information content (AvgIpc) is 3.12. The van der Waals surface area contributed by atoms with Gasteiger partial charge in [-0.25, -0.2) is 0 Å². The van der Waals surface area contributed by atoms with Crippen molar-refractivity contribution in [1.82, 2.24) is 10.6 Å². The number of alkyl halides is 3. The minimum atomic E-state index is -4.82. The Morgan fingerprint density at radius 2 is 1.82 bits per heavy atom. The molecule has 33 heavy (non-hydrogen) atoms. The third-order valence-corrected chi connectivity index (χ3v) is 6.15. The van der Waals surface area contributed by atoms with E-state index in [1.54, 1.807) is 4.90 Å². The van der Waals surface area contributed by atoms with Crippen molar-refractivity contribution in [3.8, 4) is 5.75 Å². The number of hydrogen-bond donors (Lipinski definition) is 4. The summed E-state index contributed by atoms with van der Waals surface area (Å²) in [5.74, 6) is -1.46. The smallest absolute Gasteiger partial charge is 0.406 e. The van der Waals surface area contributed by atoms with Crippen molar-refractivity contribution in [1.29, 1.82) is 0 Å². The normalized spacial score (nSPS) is 27.0. The molecule has 2 aromatic carbocycles. The molecule has 1 saturated carbocycles. The lowest BCUT2D eigenvalue weighted by molar-refractivity contribution is -0.274. The molecular weight excluding hydrogens is 459 g/mol. The molecule has 2 aromatic rings. The van der Waals surface area contributed by atoms with Crippen LogP contribution in [0, 0.1) is 5.92 Å². The van der Waals surface area contributed by atoms with E-state index in [4.69, 9.17) is 12.2 Å². The Bertz CT molecular complexity index is 1010. The highest BCUT2D eigenvalue weighted by atomic mass is 32.1. The summed E-state index contributed by atoms with van der Waals surface area (Å²) >= 11 is 5.41. The first-order valence-corrected chi connectivity index (χ1v) is 10.7. The lowest BCUT2D eigenvalue weighted by atomic mass is 9.77. The van der Waals surface area contributed by atoms with E-state index < -0.39 is 42.3 Å². The molecule has 2 aliphatic rings. The van der Waals surface area contributed by atoms with Gasteiger partial charge in [0.05, 0.1) is 24.1 Å². The molecule has 176 valence electrons. The van der Waals surface area contributed by atoms with Crippen LogP contribution >= 0.6 is 12.2 Å². The number of rotatable bonds is 5. The Kier molecular flexibility index (Phi) is 6.46. The lowest BCUT2D eigenvalue weighted by Crippen LogP contribution is -2.60. The van der Waals surface area contributed by atoms with Crippen LogP contribution in [0.2, 0.25) is 0 Å². The fraction of sp³-hybridized carbons (Fsp3) is 0.364. The van der Waals surface area contributed by atoms with Crippen molar-refractivity contribution in [2.24, 2.45) is 5.92 Å². The number of aliphatic hydroxyl groups is 2. The minimum absolute atomic E-state index is 0.000974. The van der Waals surface area contributed by atoms with Gasteiger partial charge in [0.25, 0.3) is 0 Å². The van der Waals surface area contributed by atoms with Gasteiger partial charge in [0, 0.05) is 12.2 Å². The van der Waals surface area contributed by atoms with Crippen LogP contribution in [0.5, 0.6) is 5.75 Å². The predicted molar refractivity (Wildman–Crippen MR) is 117 cm³/mol. The number of hydrogen-bond acceptors (Lipinski definition) is 5. The molecule has 2 fully saturated rings. The quantitative estimate of drug-likeness (QED) is 0.486. The van der Waals surface area contributed by atoms with Crippen LogP contribution in [0.3, 0.4) is 0 Å². The number of thiocarbonyl (C=S) groups is 1. The maximum atomic E-state index is 13.1. The third-order valence-electron chi connectivity index (χ3n) is 5.84. The molecule has 0 unspecified atom stereocenters. The van der Waals surface area contributed by atoms with Gasteiger partial charge in [0.15, 0.2) is 5.11 Å². The van der Waals surface area contributed by atoms with Crippen LogP contribution in [-0.4, -0.2) is 51.9 Å². The molecule has 1 saturated heterocycles. The summed E-state index contributed by atoms with van der Waals surface area (Å²) < 4.78 is 41.4. The Hall–Kier alpha value is -2.89. The number of fused-ring (bicyclic) bond motifs is 1. The second-order valence-electron chi connectivity index (χ2n) is 7.98. The lowest BCUT2D eigenvalue weighted by Gasteiger charge is -2.41. The van der Waals surface area contributed by atoms with Gasteiger partial charge < -0.3 is 30.5 Å². The van der Waals surface area contributed by atoms with Crippen LogP contribution in [0.1, 0.15) is 12.0 Å². The van der Waals surface area contributed by atoms with Gasteiger partial charge in [0.2, 0.25) is 5.91 Å². The van der Waals surface area contributed by atoms with Crippen molar-refractivity contribution < 1.29 is 32.9 Å². The van der Waals surface area contributed by atoms with Crippen molar-refractivity contribution >= 4 is 28.9 Å². The molecule has 4 N–H and O–H groups in total. The maximum Gasteiger partial charge on any atom is 0.573 e. The molecule has 0 bridgehead atoms. The van der Waals surface area contributed by atoms with E-state index in [0.717, 1.165) is 17.7 Å². The zero-order chi connectivity index (χ0) is 23.8. The van der Waals surface area contributed by atoms with Gasteiger partial charge in [-0.3, -0.25) is 4.79 Å². The molecule has 1 aliphatic carbocycles. The Morgan fingerprint density at radius 1 is 1.15 bits per heavy atom. The average molecular weight is 481 g/mol. The number of nitrogens with one attached hydrogen (secondary N) is 2. The van der Waals surface area contributed by atoms with Crippen molar-refractivity contribution in [2.75, 3.05) is 4.90 Å². The number of ether oxygens (including phenoxy) is 1. The van der Waals surface area contributed by atoms with E-state index in [2.05, 4.69) is 15.4 Å². The molecule has 4 rings (SSSR count). The first-order valence-electron chi connectivity index (χ1n) is 10.3. The molecule has 0 aromatic heterocycles. The summed E-state index contributed by atoms with van der Waals surface area (Å²) in [5, 5.41) is 26.9. The van der Waals surface area contributed by atoms with Crippen LogP contribution in [0.15, 0.2) is 54.6 Å². The van der Waals surface area contributed by atoms with Crippen LogP contribution in [0.25, 0.3) is 0 Å². The van der Waals surface area contributed by atoms with E-state index >= 15 is 0 Å². The van der Waals surface area contributed by atoms with E-state index in [1.807, 2.05) is 30.3 Å². The number of halogens is 3. The summed E-state index contributed by atoms with van der Waals surface area (Å²) in [4.78, 5) is 14.7. The van der Waals surface area contributed by atoms with Gasteiger partial charge in [-0.1, -0.05) is 30.3 Å². The second-order valence-corrected chi connectivity index (χ2v) is 8.37. The monoisotopic (exact) mass is 481 g/mol. The number of amides is 1. The zero-order valence-corrected chi connectivity index (χ0v) is 18.0. The first-order chi connectivity index (χ1) is 15.6. The Morgan fingerprint density at radius 3 is 2.45 bits per heavy atom. The number of aliphatic hydroxyl groups excluding tert-OH is 2. The van der Waals surface area contributed by atoms with Crippen molar-refractivity contribution in [2.45, 2.75) is 43.6 Å². The second kappa shape index (κ2) is 9.16. The Balaban J connectivity index is 1.57. The number of nitrogens with zero attached hydrogens (tertiary/aromatic N) is 1. The van der Waals surface area contributed by atoms with E-state index in [-0.39, 0.29) is 24.0 Å². The van der Waals surface area contributed by atoms with E-state index in [0.29, 0.717) is 5.69 Å². The topological polar surface area (TPSA) is 94.1 Å². The molecule has 11 heteroatoms. The highest BCUT2D eigenvalue weighted by Crippen LogP contribution is 2.37. The van der Waals surface area contributed by atoms with Crippen molar-refractivity contribution in [3.05, 3.63) is 60.2 Å². The summed E-state index contributed by atoms with van der Waals surface area (Å²) in [6, 6.07) is 13.0. The summed E-state index contributed by atoms with van der Waals surface area (Å²) in [6.45, 7) is 0.285. The predicted octanol–water partition coefficient (Wildman–Crippen LogP) is 2.07. The number of benzene rings is 2. The molecule has 0 spiro atoms. The number of carbonyl (C=O) groups is 1. The van der Waals surface area contributed by atoms with E-state index in [1.165, 1.54) is 12.1 Å². The third kappa shape index (κ3) is 5.05. The van der Waals surface area contributed by atoms with Crippen molar-refractivity contribution in [3.63, 3.8) is 0 Å². The van der Waals surface area contributed by atoms with Gasteiger partial charge in [0.1, 0.15) is 11.9 Å². The summed E-state index contributed by atoms with van der Waals surface area (Å²) in [7, 11) is 0. The fourth-order valence-electron chi connectivity index (χ4n) is 4.37. The molecule has 1 aliphatic heterocycles. The molecule has 1 heterocycles. The van der Waals surface area contributed by atoms with Gasteiger partial charge in [-0.05, 0) is 48.5 Å². The van der Waals surface area contributed by atoms with Crippen LogP contribution in [-0.2, 0) is 11.3 Å². The highest BCUT2D eigenvalue weighted by molar-refractivity contribution is 7.80. The summed E-state index contributed by atoms with van der Waals surface area (Å²) in [6.07, 6.45) is -7.14. The van der Waals surface area contributed by atoms with E-state index in [9.17, 15) is 28.2 Å².